The highest BCUT2D eigenvalue weighted by atomic mass is 16.5. The second kappa shape index (κ2) is 4.80. The Morgan fingerprint density at radius 2 is 2.21 bits per heavy atom. The highest BCUT2D eigenvalue weighted by Crippen LogP contribution is 2.17. The Labute approximate surface area is 84.9 Å². The summed E-state index contributed by atoms with van der Waals surface area (Å²) in [4.78, 5) is 11.8. The number of ether oxygens (including phenoxy) is 1. The molecule has 14 heavy (non-hydrogen) atoms. The summed E-state index contributed by atoms with van der Waals surface area (Å²) >= 11 is 0. The predicted octanol–water partition coefficient (Wildman–Crippen LogP) is 2.92. The number of Topliss-reactive ketones (excluding diaryl/α,β-unsaturated/α-hetero) is 1. The number of ketones is 1. The maximum atomic E-state index is 11.8. The number of hydrogen-bond donors (Lipinski definition) is 0. The lowest BCUT2D eigenvalue weighted by Gasteiger charge is -2.08. The predicted molar refractivity (Wildman–Crippen MR) is 56.8 cm³/mol. The maximum Gasteiger partial charge on any atom is 0.165 e. The number of benzene rings is 1. The smallest absolute Gasteiger partial charge is 0.165 e. The second-order valence-corrected chi connectivity index (χ2v) is 3.41. The van der Waals surface area contributed by atoms with Crippen molar-refractivity contribution in [3.05, 3.63) is 29.8 Å². The van der Waals surface area contributed by atoms with Crippen LogP contribution in [0.1, 0.15) is 30.6 Å². The fraction of sp³-hybridized carbons (Fsp3) is 0.417. The molecule has 2 heteroatoms. The van der Waals surface area contributed by atoms with Crippen molar-refractivity contribution in [3.8, 4) is 5.75 Å². The zero-order valence-corrected chi connectivity index (χ0v) is 8.91. The van der Waals surface area contributed by atoms with E-state index in [9.17, 15) is 4.79 Å². The summed E-state index contributed by atoms with van der Waals surface area (Å²) in [7, 11) is 1.60. The van der Waals surface area contributed by atoms with Gasteiger partial charge in [-0.05, 0) is 18.6 Å². The summed E-state index contributed by atoms with van der Waals surface area (Å²) in [5.74, 6) is 1.01. The molecule has 0 aliphatic carbocycles. The molecular formula is C12H16O2. The van der Waals surface area contributed by atoms with Gasteiger partial charge < -0.3 is 4.74 Å². The fourth-order valence-corrected chi connectivity index (χ4v) is 1.25. The number of rotatable bonds is 4. The van der Waals surface area contributed by atoms with Crippen molar-refractivity contribution >= 4 is 5.78 Å². The summed E-state index contributed by atoms with van der Waals surface area (Å²) in [5, 5.41) is 0. The minimum absolute atomic E-state index is 0.0853. The summed E-state index contributed by atoms with van der Waals surface area (Å²) < 4.78 is 5.07. The third-order valence-electron chi connectivity index (χ3n) is 2.41. The van der Waals surface area contributed by atoms with Gasteiger partial charge in [-0.25, -0.2) is 0 Å². The Balaban J connectivity index is 2.90. The van der Waals surface area contributed by atoms with E-state index in [1.165, 1.54) is 0 Å². The molecule has 76 valence electrons. The number of hydrogen-bond acceptors (Lipinski definition) is 2. The molecule has 0 amide bonds. The van der Waals surface area contributed by atoms with Crippen LogP contribution < -0.4 is 4.74 Å². The van der Waals surface area contributed by atoms with Gasteiger partial charge in [-0.2, -0.15) is 0 Å². The van der Waals surface area contributed by atoms with Crippen LogP contribution in [0.3, 0.4) is 0 Å². The number of methoxy groups -OCH3 is 1. The minimum atomic E-state index is 0.0853. The molecular weight excluding hydrogens is 176 g/mol. The molecule has 0 saturated carbocycles. The first-order chi connectivity index (χ1) is 6.69. The fourth-order valence-electron chi connectivity index (χ4n) is 1.25. The van der Waals surface area contributed by atoms with Crippen molar-refractivity contribution in [1.29, 1.82) is 0 Å². The van der Waals surface area contributed by atoms with Crippen LogP contribution in [0, 0.1) is 5.92 Å². The standard InChI is InChI=1S/C12H16O2/c1-4-9(2)12(13)10-6-5-7-11(8-10)14-3/h5-9H,4H2,1-3H3/t9-/m0/s1. The lowest BCUT2D eigenvalue weighted by Crippen LogP contribution is -2.09. The molecule has 0 N–H and O–H groups in total. The van der Waals surface area contributed by atoms with Crippen LogP contribution in [0.4, 0.5) is 0 Å². The van der Waals surface area contributed by atoms with Gasteiger partial charge in [0.1, 0.15) is 5.75 Å². The molecule has 0 spiro atoms. The number of carbonyl (C=O) groups is 1. The first-order valence-electron chi connectivity index (χ1n) is 4.87. The van der Waals surface area contributed by atoms with Crippen molar-refractivity contribution in [1.82, 2.24) is 0 Å². The zero-order chi connectivity index (χ0) is 10.6. The minimum Gasteiger partial charge on any atom is -0.497 e. The topological polar surface area (TPSA) is 26.3 Å². The maximum absolute atomic E-state index is 11.8. The van der Waals surface area contributed by atoms with E-state index in [2.05, 4.69) is 0 Å². The molecule has 0 aliphatic heterocycles. The van der Waals surface area contributed by atoms with Gasteiger partial charge in [-0.1, -0.05) is 26.0 Å². The van der Waals surface area contributed by atoms with E-state index in [4.69, 9.17) is 4.74 Å². The van der Waals surface area contributed by atoms with Crippen molar-refractivity contribution in [3.63, 3.8) is 0 Å². The third kappa shape index (κ3) is 2.34. The van der Waals surface area contributed by atoms with E-state index in [-0.39, 0.29) is 11.7 Å². The van der Waals surface area contributed by atoms with Gasteiger partial charge in [0, 0.05) is 11.5 Å². The Morgan fingerprint density at radius 3 is 2.79 bits per heavy atom. The molecule has 1 aromatic rings. The molecule has 1 aromatic carbocycles. The average molecular weight is 192 g/mol. The molecule has 0 fully saturated rings. The first kappa shape index (κ1) is 10.8. The van der Waals surface area contributed by atoms with Crippen LogP contribution in [-0.4, -0.2) is 12.9 Å². The summed E-state index contributed by atoms with van der Waals surface area (Å²) in [6.45, 7) is 3.96. The van der Waals surface area contributed by atoms with E-state index < -0.39 is 0 Å². The van der Waals surface area contributed by atoms with Crippen molar-refractivity contribution in [2.45, 2.75) is 20.3 Å². The van der Waals surface area contributed by atoms with Gasteiger partial charge in [0.25, 0.3) is 0 Å². The van der Waals surface area contributed by atoms with Gasteiger partial charge in [0.2, 0.25) is 0 Å². The lowest BCUT2D eigenvalue weighted by molar-refractivity contribution is 0.0927. The van der Waals surface area contributed by atoms with E-state index in [1.54, 1.807) is 13.2 Å². The summed E-state index contributed by atoms with van der Waals surface area (Å²) in [6, 6.07) is 7.30. The average Bonchev–Trinajstić information content (AvgIpc) is 2.27. The highest BCUT2D eigenvalue weighted by Gasteiger charge is 2.13. The molecule has 1 atom stereocenters. The van der Waals surface area contributed by atoms with Crippen molar-refractivity contribution < 1.29 is 9.53 Å². The molecule has 0 bridgehead atoms. The second-order valence-electron chi connectivity index (χ2n) is 3.41. The van der Waals surface area contributed by atoms with Gasteiger partial charge in [-0.15, -0.1) is 0 Å². The van der Waals surface area contributed by atoms with Gasteiger partial charge in [-0.3, -0.25) is 4.79 Å². The van der Waals surface area contributed by atoms with Gasteiger partial charge in [0.15, 0.2) is 5.78 Å². The largest absolute Gasteiger partial charge is 0.497 e. The van der Waals surface area contributed by atoms with Crippen LogP contribution in [0.5, 0.6) is 5.75 Å². The number of carbonyl (C=O) groups excluding carboxylic acids is 1. The van der Waals surface area contributed by atoms with Crippen LogP contribution in [-0.2, 0) is 0 Å². The monoisotopic (exact) mass is 192 g/mol. The molecule has 1 rings (SSSR count). The molecule has 0 aromatic heterocycles. The summed E-state index contributed by atoms with van der Waals surface area (Å²) in [6.07, 6.45) is 0.871. The Morgan fingerprint density at radius 1 is 1.50 bits per heavy atom. The van der Waals surface area contributed by atoms with Crippen molar-refractivity contribution in [2.75, 3.05) is 7.11 Å². The van der Waals surface area contributed by atoms with Crippen LogP contribution in [0.25, 0.3) is 0 Å². The Kier molecular flexibility index (Phi) is 3.69. The van der Waals surface area contributed by atoms with Crippen molar-refractivity contribution in [2.24, 2.45) is 5.92 Å². The van der Waals surface area contributed by atoms with Crippen LogP contribution in [0.2, 0.25) is 0 Å². The van der Waals surface area contributed by atoms with Crippen LogP contribution in [0.15, 0.2) is 24.3 Å². The molecule has 0 unspecified atom stereocenters. The summed E-state index contributed by atoms with van der Waals surface area (Å²) in [5.41, 5.74) is 0.735. The Bertz CT molecular complexity index is 318. The lowest BCUT2D eigenvalue weighted by atomic mass is 9.97. The Hall–Kier alpha value is -1.31. The molecule has 2 nitrogen and oxygen atoms in total. The quantitative estimate of drug-likeness (QED) is 0.685. The molecule has 0 aliphatic rings. The first-order valence-corrected chi connectivity index (χ1v) is 4.87. The van der Waals surface area contributed by atoms with E-state index in [0.717, 1.165) is 17.7 Å². The van der Waals surface area contributed by atoms with Gasteiger partial charge in [0.05, 0.1) is 7.11 Å². The SMILES string of the molecule is CC[C@H](C)C(=O)c1cccc(OC)c1. The van der Waals surface area contributed by atoms with Gasteiger partial charge >= 0.3 is 0 Å². The molecule has 0 heterocycles. The normalized spacial score (nSPS) is 12.2. The molecule has 0 radical (unpaired) electrons. The van der Waals surface area contributed by atoms with E-state index >= 15 is 0 Å². The van der Waals surface area contributed by atoms with E-state index in [1.807, 2.05) is 32.0 Å². The van der Waals surface area contributed by atoms with Crippen LogP contribution >= 0.6 is 0 Å². The van der Waals surface area contributed by atoms with E-state index in [0.29, 0.717) is 0 Å². The highest BCUT2D eigenvalue weighted by molar-refractivity contribution is 5.97. The molecule has 0 saturated heterocycles. The zero-order valence-electron chi connectivity index (χ0n) is 8.91. The third-order valence-corrected chi connectivity index (χ3v) is 2.41.